The third-order valence-electron chi connectivity index (χ3n) is 7.19. The predicted octanol–water partition coefficient (Wildman–Crippen LogP) is 6.26. The molecule has 0 amide bonds. The second-order valence-corrected chi connectivity index (χ2v) is 11.5. The van der Waals surface area contributed by atoms with Crippen molar-refractivity contribution < 1.29 is 9.47 Å². The summed E-state index contributed by atoms with van der Waals surface area (Å²) < 4.78 is 14.3. The van der Waals surface area contributed by atoms with Crippen molar-refractivity contribution in [2.24, 2.45) is 4.99 Å². The lowest BCUT2D eigenvalue weighted by atomic mass is 9.84. The molecule has 0 radical (unpaired) electrons. The molecule has 4 aromatic rings. The van der Waals surface area contributed by atoms with E-state index in [4.69, 9.17) is 14.5 Å². The SMILES string of the molecule is COc1ccc(/C=C2\CCCC3=C2N=c2s/c(=C\c4ccc(Br)cc4)c(=O)n2[C@H]3c2ccc(OC)cc2)cc1. The van der Waals surface area contributed by atoms with Gasteiger partial charge in [0.1, 0.15) is 11.5 Å². The average Bonchev–Trinajstić information content (AvgIpc) is 3.28. The molecule has 1 aromatic heterocycles. The fourth-order valence-corrected chi connectivity index (χ4v) is 6.52. The van der Waals surface area contributed by atoms with Crippen LogP contribution >= 0.6 is 27.3 Å². The largest absolute Gasteiger partial charge is 0.497 e. The van der Waals surface area contributed by atoms with Crippen molar-refractivity contribution in [1.82, 2.24) is 4.57 Å². The number of aromatic nitrogens is 1. The summed E-state index contributed by atoms with van der Waals surface area (Å²) >= 11 is 4.94. The maximum absolute atomic E-state index is 13.9. The number of ether oxygens (including phenoxy) is 2. The van der Waals surface area contributed by atoms with E-state index in [1.807, 2.05) is 59.2 Å². The predicted molar refractivity (Wildman–Crippen MR) is 160 cm³/mol. The Morgan fingerprint density at radius 1 is 0.872 bits per heavy atom. The molecule has 2 heterocycles. The molecule has 0 bridgehead atoms. The van der Waals surface area contributed by atoms with E-state index in [-0.39, 0.29) is 11.6 Å². The molecular formula is C32H27BrN2O3S. The number of hydrogen-bond acceptors (Lipinski definition) is 5. The van der Waals surface area contributed by atoms with Crippen LogP contribution < -0.4 is 24.4 Å². The van der Waals surface area contributed by atoms with E-state index in [1.165, 1.54) is 22.5 Å². The van der Waals surface area contributed by atoms with Crippen molar-refractivity contribution in [2.75, 3.05) is 14.2 Å². The van der Waals surface area contributed by atoms with Gasteiger partial charge < -0.3 is 9.47 Å². The van der Waals surface area contributed by atoms with Gasteiger partial charge >= 0.3 is 0 Å². The summed E-state index contributed by atoms with van der Waals surface area (Å²) in [5.74, 6) is 1.62. The quantitative estimate of drug-likeness (QED) is 0.272. The minimum absolute atomic E-state index is 0.0136. The van der Waals surface area contributed by atoms with Crippen LogP contribution in [0, 0.1) is 0 Å². The molecule has 39 heavy (non-hydrogen) atoms. The number of nitrogens with zero attached hydrogens (tertiary/aromatic N) is 2. The van der Waals surface area contributed by atoms with Crippen LogP contribution in [0.25, 0.3) is 12.2 Å². The van der Waals surface area contributed by atoms with Crippen molar-refractivity contribution in [3.63, 3.8) is 0 Å². The zero-order valence-corrected chi connectivity index (χ0v) is 24.1. The highest BCUT2D eigenvalue weighted by Gasteiger charge is 2.32. The molecule has 0 saturated heterocycles. The summed E-state index contributed by atoms with van der Waals surface area (Å²) in [5.41, 5.74) is 6.52. The number of benzene rings is 3. The maximum atomic E-state index is 13.9. The maximum Gasteiger partial charge on any atom is 0.271 e. The number of rotatable bonds is 5. The minimum atomic E-state index is -0.214. The van der Waals surface area contributed by atoms with Crippen molar-refractivity contribution in [1.29, 1.82) is 0 Å². The average molecular weight is 600 g/mol. The van der Waals surface area contributed by atoms with E-state index in [1.54, 1.807) is 14.2 Å². The Bertz CT molecular complexity index is 1760. The van der Waals surface area contributed by atoms with E-state index >= 15 is 0 Å². The van der Waals surface area contributed by atoms with Crippen LogP contribution in [0.1, 0.15) is 42.0 Å². The Morgan fingerprint density at radius 3 is 2.15 bits per heavy atom. The molecule has 0 N–H and O–H groups in total. The number of hydrogen-bond donors (Lipinski definition) is 0. The van der Waals surface area contributed by atoms with Gasteiger partial charge in [-0.2, -0.15) is 0 Å². The molecule has 0 spiro atoms. The second-order valence-electron chi connectivity index (χ2n) is 9.58. The zero-order chi connectivity index (χ0) is 26.9. The van der Waals surface area contributed by atoms with Crippen LogP contribution in [-0.2, 0) is 0 Å². The Kier molecular flexibility index (Phi) is 7.11. The molecule has 1 atom stereocenters. The number of methoxy groups -OCH3 is 2. The van der Waals surface area contributed by atoms with Crippen LogP contribution in [0.3, 0.4) is 0 Å². The van der Waals surface area contributed by atoms with Crippen LogP contribution in [-0.4, -0.2) is 18.8 Å². The molecule has 6 rings (SSSR count). The number of halogens is 1. The van der Waals surface area contributed by atoms with Crippen molar-refractivity contribution in [2.45, 2.75) is 25.3 Å². The van der Waals surface area contributed by atoms with E-state index in [9.17, 15) is 4.79 Å². The fraction of sp³-hybridized carbons (Fsp3) is 0.188. The monoisotopic (exact) mass is 598 g/mol. The normalized spacial score (nSPS) is 18.0. The molecule has 0 saturated carbocycles. The van der Waals surface area contributed by atoms with Gasteiger partial charge in [0.25, 0.3) is 5.56 Å². The third-order valence-corrected chi connectivity index (χ3v) is 8.70. The molecule has 2 aliphatic rings. The van der Waals surface area contributed by atoms with E-state index in [0.717, 1.165) is 62.4 Å². The van der Waals surface area contributed by atoms with E-state index in [2.05, 4.69) is 46.3 Å². The fourth-order valence-electron chi connectivity index (χ4n) is 5.25. The lowest BCUT2D eigenvalue weighted by Crippen LogP contribution is -2.39. The van der Waals surface area contributed by atoms with Gasteiger partial charge in [-0.15, -0.1) is 0 Å². The van der Waals surface area contributed by atoms with Crippen LogP contribution in [0.4, 0.5) is 0 Å². The Labute approximate surface area is 239 Å². The molecule has 0 fully saturated rings. The third kappa shape index (κ3) is 5.04. The van der Waals surface area contributed by atoms with Gasteiger partial charge in [-0.25, -0.2) is 4.99 Å². The lowest BCUT2D eigenvalue weighted by Gasteiger charge is -2.31. The Morgan fingerprint density at radius 2 is 1.49 bits per heavy atom. The molecule has 7 heteroatoms. The highest BCUT2D eigenvalue weighted by molar-refractivity contribution is 9.10. The van der Waals surface area contributed by atoms with E-state index in [0.29, 0.717) is 4.53 Å². The standard InChI is InChI=1S/C32H27BrN2O3S/c1-37-25-14-8-20(9-15-25)18-23-4-3-5-27-29(23)34-32-35(30(27)22-10-16-26(38-2)17-11-22)31(36)28(39-32)19-21-6-12-24(33)13-7-21/h6-19,30H,3-5H2,1-2H3/b23-18+,28-19-/t30-/m0/s1. The van der Waals surface area contributed by atoms with Crippen LogP contribution in [0.2, 0.25) is 0 Å². The minimum Gasteiger partial charge on any atom is -0.497 e. The van der Waals surface area contributed by atoms with Crippen LogP contribution in [0.15, 0.2) is 104 Å². The molecular weight excluding hydrogens is 572 g/mol. The van der Waals surface area contributed by atoms with Gasteiger partial charge in [0.2, 0.25) is 0 Å². The molecule has 3 aromatic carbocycles. The summed E-state index contributed by atoms with van der Waals surface area (Å²) in [5, 5.41) is 0. The topological polar surface area (TPSA) is 52.8 Å². The van der Waals surface area contributed by atoms with E-state index < -0.39 is 0 Å². The highest BCUT2D eigenvalue weighted by atomic mass is 79.9. The van der Waals surface area contributed by atoms with Gasteiger partial charge in [0.05, 0.1) is 30.5 Å². The van der Waals surface area contributed by atoms with Crippen molar-refractivity contribution in [3.05, 3.63) is 130 Å². The first kappa shape index (κ1) is 25.6. The van der Waals surface area contributed by atoms with Gasteiger partial charge in [0, 0.05) is 4.47 Å². The van der Waals surface area contributed by atoms with Gasteiger partial charge in [0.15, 0.2) is 4.80 Å². The molecule has 1 aliphatic heterocycles. The van der Waals surface area contributed by atoms with Crippen molar-refractivity contribution >= 4 is 39.4 Å². The summed E-state index contributed by atoms with van der Waals surface area (Å²) in [7, 11) is 3.34. The van der Waals surface area contributed by atoms with Gasteiger partial charge in [-0.1, -0.05) is 63.7 Å². The Balaban J connectivity index is 1.54. The van der Waals surface area contributed by atoms with Gasteiger partial charge in [-0.05, 0) is 95.6 Å². The molecule has 196 valence electrons. The number of allylic oxidation sites excluding steroid dienone is 2. The zero-order valence-electron chi connectivity index (χ0n) is 21.7. The van der Waals surface area contributed by atoms with Crippen LogP contribution in [0.5, 0.6) is 11.5 Å². The summed E-state index contributed by atoms with van der Waals surface area (Å²) in [6.45, 7) is 0. The second kappa shape index (κ2) is 10.8. The summed E-state index contributed by atoms with van der Waals surface area (Å²) in [6.07, 6.45) is 7.02. The number of thiazole rings is 1. The smallest absolute Gasteiger partial charge is 0.271 e. The Hall–Kier alpha value is -3.68. The first-order valence-electron chi connectivity index (χ1n) is 12.8. The molecule has 1 aliphatic carbocycles. The first-order chi connectivity index (χ1) is 19.0. The molecule has 5 nitrogen and oxygen atoms in total. The number of fused-ring (bicyclic) bond motifs is 1. The lowest BCUT2D eigenvalue weighted by molar-refractivity contribution is 0.414. The highest BCUT2D eigenvalue weighted by Crippen LogP contribution is 2.41. The molecule has 0 unspecified atom stereocenters. The van der Waals surface area contributed by atoms with Crippen molar-refractivity contribution in [3.8, 4) is 11.5 Å². The van der Waals surface area contributed by atoms with Gasteiger partial charge in [-0.3, -0.25) is 9.36 Å². The summed E-state index contributed by atoms with van der Waals surface area (Å²) in [4.78, 5) is 19.8. The summed E-state index contributed by atoms with van der Waals surface area (Å²) in [6, 6.07) is 23.9. The first-order valence-corrected chi connectivity index (χ1v) is 14.4.